The maximum atomic E-state index is 12.3. The van der Waals surface area contributed by atoms with Crippen LogP contribution in [-0.2, 0) is 9.53 Å². The molecule has 20 heavy (non-hydrogen) atoms. The fourth-order valence-electron chi connectivity index (χ4n) is 2.84. The zero-order valence-electron chi connectivity index (χ0n) is 11.6. The first-order valence-corrected chi connectivity index (χ1v) is 6.96. The first-order valence-electron chi connectivity index (χ1n) is 6.96. The molecule has 106 valence electrons. The third-order valence-electron chi connectivity index (χ3n) is 3.84. The summed E-state index contributed by atoms with van der Waals surface area (Å²) in [6, 6.07) is 0.126. The van der Waals surface area contributed by atoms with Gasteiger partial charge in [0.2, 0.25) is 5.91 Å². The summed E-state index contributed by atoms with van der Waals surface area (Å²) < 4.78 is 5.34. The van der Waals surface area contributed by atoms with Gasteiger partial charge in [-0.1, -0.05) is 24.3 Å². The van der Waals surface area contributed by atoms with Crippen molar-refractivity contribution in [3.8, 4) is 0 Å². The molecule has 2 bridgehead atoms. The van der Waals surface area contributed by atoms with E-state index in [9.17, 15) is 4.79 Å². The van der Waals surface area contributed by atoms with Crippen molar-refractivity contribution in [1.82, 2.24) is 10.2 Å². The van der Waals surface area contributed by atoms with Crippen LogP contribution in [-0.4, -0.2) is 36.9 Å². The molecule has 0 aromatic rings. The van der Waals surface area contributed by atoms with E-state index in [2.05, 4.69) is 21.3 Å². The van der Waals surface area contributed by atoms with Crippen LogP contribution in [0.4, 0.5) is 0 Å². The van der Waals surface area contributed by atoms with Gasteiger partial charge in [0.25, 0.3) is 0 Å². The molecule has 1 N–H and O–H groups in total. The van der Waals surface area contributed by atoms with Gasteiger partial charge in [0.15, 0.2) is 0 Å². The second kappa shape index (κ2) is 5.63. The zero-order valence-corrected chi connectivity index (χ0v) is 11.6. The van der Waals surface area contributed by atoms with E-state index in [0.29, 0.717) is 6.73 Å². The third kappa shape index (κ3) is 2.41. The lowest BCUT2D eigenvalue weighted by molar-refractivity contribution is -0.123. The predicted molar refractivity (Wildman–Crippen MR) is 76.8 cm³/mol. The highest BCUT2D eigenvalue weighted by atomic mass is 16.5. The van der Waals surface area contributed by atoms with Crippen LogP contribution in [0.1, 0.15) is 19.3 Å². The zero-order chi connectivity index (χ0) is 13.9. The number of carbonyl (C=O) groups is 1. The Balaban J connectivity index is 2.03. The SMILES string of the molecule is COCN1C2=C(CCC=N2)NC(=O)C2C=CC=CC1C2. The van der Waals surface area contributed by atoms with Crippen LogP contribution in [0.15, 0.2) is 40.8 Å². The van der Waals surface area contributed by atoms with E-state index in [-0.39, 0.29) is 17.9 Å². The smallest absolute Gasteiger partial charge is 0.231 e. The third-order valence-corrected chi connectivity index (χ3v) is 3.84. The average molecular weight is 273 g/mol. The molecule has 0 aromatic carbocycles. The number of fused-ring (bicyclic) bond motifs is 2. The summed E-state index contributed by atoms with van der Waals surface area (Å²) in [5, 5.41) is 3.04. The van der Waals surface area contributed by atoms with Crippen molar-refractivity contribution < 1.29 is 9.53 Å². The van der Waals surface area contributed by atoms with Gasteiger partial charge in [-0.3, -0.25) is 4.79 Å². The van der Waals surface area contributed by atoms with E-state index in [1.54, 1.807) is 7.11 Å². The fraction of sp³-hybridized carbons (Fsp3) is 0.467. The number of nitrogens with zero attached hydrogens (tertiary/aromatic N) is 2. The van der Waals surface area contributed by atoms with Crippen molar-refractivity contribution in [3.63, 3.8) is 0 Å². The van der Waals surface area contributed by atoms with Gasteiger partial charge >= 0.3 is 0 Å². The molecule has 2 atom stereocenters. The maximum absolute atomic E-state index is 12.3. The average Bonchev–Trinajstić information content (AvgIpc) is 2.71. The predicted octanol–water partition coefficient (Wildman–Crippen LogP) is 1.56. The number of hydrogen-bond donors (Lipinski definition) is 1. The Morgan fingerprint density at radius 3 is 3.15 bits per heavy atom. The molecule has 0 saturated carbocycles. The lowest BCUT2D eigenvalue weighted by atomic mass is 9.97. The Kier molecular flexibility index (Phi) is 3.69. The molecule has 0 spiro atoms. The molecule has 0 fully saturated rings. The summed E-state index contributed by atoms with van der Waals surface area (Å²) in [7, 11) is 1.68. The summed E-state index contributed by atoms with van der Waals surface area (Å²) >= 11 is 0. The van der Waals surface area contributed by atoms with Gasteiger partial charge in [-0.25, -0.2) is 4.99 Å². The first kappa shape index (κ1) is 13.1. The number of nitrogens with one attached hydrogen (secondary N) is 1. The molecule has 1 amide bonds. The van der Waals surface area contributed by atoms with Gasteiger partial charge in [0.1, 0.15) is 12.6 Å². The molecular formula is C15H19N3O2. The number of ether oxygens (including phenoxy) is 1. The van der Waals surface area contributed by atoms with E-state index in [0.717, 1.165) is 30.8 Å². The topological polar surface area (TPSA) is 53.9 Å². The molecule has 5 nitrogen and oxygen atoms in total. The molecule has 5 heteroatoms. The Morgan fingerprint density at radius 2 is 2.30 bits per heavy atom. The minimum Gasteiger partial charge on any atom is -0.364 e. The lowest BCUT2D eigenvalue weighted by Crippen LogP contribution is -2.44. The van der Waals surface area contributed by atoms with Crippen LogP contribution >= 0.6 is 0 Å². The first-order chi connectivity index (χ1) is 9.79. The molecule has 2 aliphatic heterocycles. The Hall–Kier alpha value is -1.88. The second-order valence-corrected chi connectivity index (χ2v) is 5.21. The van der Waals surface area contributed by atoms with Crippen molar-refractivity contribution in [2.45, 2.75) is 25.3 Å². The molecule has 3 rings (SSSR count). The highest BCUT2D eigenvalue weighted by Gasteiger charge is 2.31. The van der Waals surface area contributed by atoms with Crippen molar-refractivity contribution in [2.24, 2.45) is 10.9 Å². The van der Waals surface area contributed by atoms with E-state index in [1.165, 1.54) is 0 Å². The standard InChI is InChI=1S/C15H19N3O2/c1-20-10-18-12-6-3-2-5-11(9-12)15(19)17-13-7-4-8-16-14(13)18/h2-3,5-6,8,11-12H,4,7,9-10H2,1H3,(H,17,19). The van der Waals surface area contributed by atoms with E-state index in [4.69, 9.17) is 4.74 Å². The number of carbonyl (C=O) groups excluding carboxylic acids is 1. The highest BCUT2D eigenvalue weighted by Crippen LogP contribution is 2.28. The van der Waals surface area contributed by atoms with Crippen LogP contribution in [0.2, 0.25) is 0 Å². The summed E-state index contributed by atoms with van der Waals surface area (Å²) in [5.41, 5.74) is 0.910. The van der Waals surface area contributed by atoms with Gasteiger partial charge in [-0.2, -0.15) is 0 Å². The Bertz CT molecular complexity index is 519. The highest BCUT2D eigenvalue weighted by molar-refractivity contribution is 5.83. The van der Waals surface area contributed by atoms with Gasteiger partial charge in [0, 0.05) is 13.3 Å². The number of methoxy groups -OCH3 is 1. The van der Waals surface area contributed by atoms with E-state index >= 15 is 0 Å². The largest absolute Gasteiger partial charge is 0.364 e. The minimum absolute atomic E-state index is 0.0663. The van der Waals surface area contributed by atoms with Crippen LogP contribution in [0.25, 0.3) is 0 Å². The molecule has 2 unspecified atom stereocenters. The quantitative estimate of drug-likeness (QED) is 0.830. The fourth-order valence-corrected chi connectivity index (χ4v) is 2.84. The number of amides is 1. The van der Waals surface area contributed by atoms with Crippen molar-refractivity contribution in [3.05, 3.63) is 35.8 Å². The van der Waals surface area contributed by atoms with Crippen LogP contribution in [0.5, 0.6) is 0 Å². The number of aliphatic imine (C=N–C) groups is 1. The second-order valence-electron chi connectivity index (χ2n) is 5.21. The molecule has 0 aromatic heterocycles. The number of hydrogen-bond acceptors (Lipinski definition) is 4. The normalized spacial score (nSPS) is 28.6. The maximum Gasteiger partial charge on any atom is 0.231 e. The monoisotopic (exact) mass is 273 g/mol. The van der Waals surface area contributed by atoms with Crippen LogP contribution < -0.4 is 5.32 Å². The van der Waals surface area contributed by atoms with Crippen molar-refractivity contribution >= 4 is 12.1 Å². The van der Waals surface area contributed by atoms with E-state index < -0.39 is 0 Å². The molecule has 1 aliphatic carbocycles. The van der Waals surface area contributed by atoms with Gasteiger partial charge in [-0.15, -0.1) is 0 Å². The van der Waals surface area contributed by atoms with Crippen molar-refractivity contribution in [1.29, 1.82) is 0 Å². The molecule has 0 saturated heterocycles. The summed E-state index contributed by atoms with van der Waals surface area (Å²) in [6.07, 6.45) is 12.4. The Labute approximate surface area is 118 Å². The van der Waals surface area contributed by atoms with Gasteiger partial charge in [-0.05, 0) is 19.3 Å². The molecule has 3 aliphatic rings. The van der Waals surface area contributed by atoms with Crippen LogP contribution in [0, 0.1) is 5.92 Å². The van der Waals surface area contributed by atoms with E-state index in [1.807, 2.05) is 24.4 Å². The summed E-state index contributed by atoms with van der Waals surface area (Å²) in [5.74, 6) is 0.798. The molecule has 0 radical (unpaired) electrons. The van der Waals surface area contributed by atoms with Crippen LogP contribution in [0.3, 0.4) is 0 Å². The molecule has 2 heterocycles. The van der Waals surface area contributed by atoms with Gasteiger partial charge < -0.3 is 15.0 Å². The summed E-state index contributed by atoms with van der Waals surface area (Å²) in [6.45, 7) is 0.466. The Morgan fingerprint density at radius 1 is 1.45 bits per heavy atom. The van der Waals surface area contributed by atoms with Gasteiger partial charge in [0.05, 0.1) is 17.7 Å². The number of rotatable bonds is 2. The summed E-state index contributed by atoms with van der Waals surface area (Å²) in [4.78, 5) is 18.9. The molecular weight excluding hydrogens is 254 g/mol. The lowest BCUT2D eigenvalue weighted by Gasteiger charge is -2.36. The van der Waals surface area contributed by atoms with Crippen molar-refractivity contribution in [2.75, 3.05) is 13.8 Å². The minimum atomic E-state index is -0.102. The number of allylic oxidation sites excluding steroid dienone is 3.